The number of benzene rings is 1. The summed E-state index contributed by atoms with van der Waals surface area (Å²) in [7, 11) is 0. The lowest BCUT2D eigenvalue weighted by molar-refractivity contribution is -0.186. The van der Waals surface area contributed by atoms with Gasteiger partial charge >= 0.3 is 24.0 Å². The van der Waals surface area contributed by atoms with Crippen molar-refractivity contribution in [2.75, 3.05) is 11.9 Å². The molecule has 1 aromatic rings. The zero-order valence-corrected chi connectivity index (χ0v) is 21.0. The van der Waals surface area contributed by atoms with Gasteiger partial charge in [0.05, 0.1) is 0 Å². The third-order valence-electron chi connectivity index (χ3n) is 4.80. The molecule has 0 bridgehead atoms. The van der Waals surface area contributed by atoms with E-state index in [1.165, 1.54) is 6.92 Å². The second-order valence-electron chi connectivity index (χ2n) is 7.94. The van der Waals surface area contributed by atoms with E-state index in [0.29, 0.717) is 12.1 Å². The van der Waals surface area contributed by atoms with Gasteiger partial charge in [0, 0.05) is 32.9 Å². The highest BCUT2D eigenvalue weighted by molar-refractivity contribution is 5.84. The Kier molecular flexibility index (Phi) is 11.2. The summed E-state index contributed by atoms with van der Waals surface area (Å²) in [6.45, 7) is 4.90. The molecule has 1 heterocycles. The molecule has 3 N–H and O–H groups in total. The highest BCUT2D eigenvalue weighted by Crippen LogP contribution is 2.28. The number of carbonyl (C=O) groups excluding carboxylic acids is 5. The molecule has 1 aromatic carbocycles. The molecule has 13 heteroatoms. The number of esters is 3. The van der Waals surface area contributed by atoms with Crippen LogP contribution < -0.4 is 16.1 Å². The number of hydrogen-bond donors (Lipinski definition) is 3. The van der Waals surface area contributed by atoms with Crippen LogP contribution in [0.5, 0.6) is 0 Å². The van der Waals surface area contributed by atoms with Gasteiger partial charge in [0.1, 0.15) is 12.3 Å². The molecule has 0 saturated carbocycles. The van der Waals surface area contributed by atoms with Crippen molar-refractivity contribution in [3.05, 3.63) is 41.9 Å². The normalized spacial score (nSPS) is 18.5. The Labute approximate surface area is 213 Å². The van der Waals surface area contributed by atoms with Crippen LogP contribution in [-0.2, 0) is 43.0 Å². The molecule has 0 saturated heterocycles. The van der Waals surface area contributed by atoms with Crippen LogP contribution >= 0.6 is 0 Å². The molecule has 0 fully saturated rings. The highest BCUT2D eigenvalue weighted by Gasteiger charge is 2.46. The van der Waals surface area contributed by atoms with Gasteiger partial charge in [-0.05, 0) is 18.6 Å². The third kappa shape index (κ3) is 9.70. The minimum absolute atomic E-state index is 0.129. The van der Waals surface area contributed by atoms with Gasteiger partial charge in [-0.15, -0.1) is 0 Å². The smallest absolute Gasteiger partial charge is 0.436 e. The van der Waals surface area contributed by atoms with E-state index in [0.717, 1.165) is 20.3 Å². The van der Waals surface area contributed by atoms with Gasteiger partial charge in [0.25, 0.3) is 0 Å². The van der Waals surface area contributed by atoms with E-state index in [9.17, 15) is 24.0 Å². The number of hydrogen-bond acceptors (Lipinski definition) is 11. The SMILES string of the molecule is CCCCC(=O)NC1=C(NOC(=O)Nc2ccccc2)O[C@H](COC(C)=O)[C@@H](OC(C)=O)[C@@H]1OC(C)=O. The topological polar surface area (TPSA) is 168 Å². The maximum atomic E-state index is 12.6. The molecule has 1 aliphatic heterocycles. The van der Waals surface area contributed by atoms with Gasteiger partial charge in [0.15, 0.2) is 18.3 Å². The molecule has 0 unspecified atom stereocenters. The number of nitrogens with one attached hydrogen (secondary N) is 3. The fourth-order valence-electron chi connectivity index (χ4n) is 3.25. The summed E-state index contributed by atoms with van der Waals surface area (Å²) in [5.41, 5.74) is 2.59. The molecule has 2 amide bonds. The van der Waals surface area contributed by atoms with Crippen LogP contribution in [0, 0.1) is 0 Å². The lowest BCUT2D eigenvalue weighted by atomic mass is 10.0. The van der Waals surface area contributed by atoms with E-state index >= 15 is 0 Å². The Morgan fingerprint density at radius 3 is 2.19 bits per heavy atom. The van der Waals surface area contributed by atoms with E-state index in [2.05, 4.69) is 16.1 Å². The summed E-state index contributed by atoms with van der Waals surface area (Å²) >= 11 is 0. The first-order valence-corrected chi connectivity index (χ1v) is 11.6. The molecular formula is C24H31N3O10. The number of unbranched alkanes of at least 4 members (excludes halogenated alkanes) is 1. The van der Waals surface area contributed by atoms with Crippen molar-refractivity contribution in [3.63, 3.8) is 0 Å². The zero-order valence-electron chi connectivity index (χ0n) is 21.0. The summed E-state index contributed by atoms with van der Waals surface area (Å²) < 4.78 is 21.5. The van der Waals surface area contributed by atoms with Gasteiger partial charge in [-0.1, -0.05) is 31.5 Å². The second-order valence-corrected chi connectivity index (χ2v) is 7.94. The lowest BCUT2D eigenvalue weighted by Crippen LogP contribution is -2.55. The maximum absolute atomic E-state index is 12.6. The summed E-state index contributed by atoms with van der Waals surface area (Å²) in [6, 6.07) is 8.44. The lowest BCUT2D eigenvalue weighted by Gasteiger charge is -2.38. The monoisotopic (exact) mass is 521 g/mol. The summed E-state index contributed by atoms with van der Waals surface area (Å²) in [5.74, 6) is -2.93. The van der Waals surface area contributed by atoms with Crippen molar-refractivity contribution in [3.8, 4) is 0 Å². The Balaban J connectivity index is 2.41. The van der Waals surface area contributed by atoms with Crippen LogP contribution in [0.4, 0.5) is 10.5 Å². The molecule has 13 nitrogen and oxygen atoms in total. The molecule has 0 spiro atoms. The number of para-hydroxylation sites is 1. The molecule has 37 heavy (non-hydrogen) atoms. The Morgan fingerprint density at radius 1 is 0.919 bits per heavy atom. The van der Waals surface area contributed by atoms with E-state index in [-0.39, 0.29) is 18.0 Å². The van der Waals surface area contributed by atoms with Crippen molar-refractivity contribution < 1.29 is 47.8 Å². The van der Waals surface area contributed by atoms with Crippen molar-refractivity contribution >= 4 is 35.6 Å². The van der Waals surface area contributed by atoms with Crippen molar-refractivity contribution in [2.45, 2.75) is 65.3 Å². The second kappa shape index (κ2) is 14.3. The van der Waals surface area contributed by atoms with Crippen LogP contribution in [-0.4, -0.2) is 54.8 Å². The van der Waals surface area contributed by atoms with Crippen molar-refractivity contribution in [1.29, 1.82) is 0 Å². The molecule has 3 atom stereocenters. The Hall–Kier alpha value is -4.29. The average molecular weight is 522 g/mol. The number of hydroxylamine groups is 1. The first-order valence-electron chi connectivity index (χ1n) is 11.6. The zero-order chi connectivity index (χ0) is 27.4. The van der Waals surface area contributed by atoms with E-state index in [1.54, 1.807) is 30.3 Å². The fourth-order valence-corrected chi connectivity index (χ4v) is 3.25. The minimum atomic E-state index is -1.40. The number of anilines is 1. The van der Waals surface area contributed by atoms with Crippen molar-refractivity contribution in [2.24, 2.45) is 0 Å². The average Bonchev–Trinajstić information content (AvgIpc) is 2.83. The van der Waals surface area contributed by atoms with Gasteiger partial charge in [-0.3, -0.25) is 24.5 Å². The minimum Gasteiger partial charge on any atom is -0.465 e. The van der Waals surface area contributed by atoms with Gasteiger partial charge in [-0.2, -0.15) is 5.48 Å². The molecule has 0 aliphatic carbocycles. The number of ether oxygens (including phenoxy) is 4. The largest absolute Gasteiger partial charge is 0.465 e. The summed E-state index contributed by atoms with van der Waals surface area (Å²) in [6.07, 6.45) is -3.40. The molecule has 0 aromatic heterocycles. The van der Waals surface area contributed by atoms with E-state index < -0.39 is 54.8 Å². The van der Waals surface area contributed by atoms with E-state index in [1.807, 2.05) is 6.92 Å². The Morgan fingerprint density at radius 2 is 1.59 bits per heavy atom. The first kappa shape index (κ1) is 28.9. The summed E-state index contributed by atoms with van der Waals surface area (Å²) in [5, 5.41) is 5.07. The predicted molar refractivity (Wildman–Crippen MR) is 127 cm³/mol. The Bertz CT molecular complexity index is 1010. The van der Waals surface area contributed by atoms with Crippen LogP contribution in [0.15, 0.2) is 41.9 Å². The highest BCUT2D eigenvalue weighted by atomic mass is 16.7. The van der Waals surface area contributed by atoms with Gasteiger partial charge < -0.3 is 29.1 Å². The van der Waals surface area contributed by atoms with Crippen LogP contribution in [0.1, 0.15) is 47.0 Å². The standard InChI is InChI=1S/C24H31N3O10/c1-5-6-12-19(31)26-20-22(35-16(4)30)21(34-15(3)29)18(13-33-14(2)28)36-23(20)27-37-24(32)25-17-10-8-7-9-11-17/h7-11,18,21-22,27H,5-6,12-13H2,1-4H3,(H,25,32)(H,26,31)/t18-,21-,22-/m1/s1. The number of carbonyl (C=O) groups is 5. The molecular weight excluding hydrogens is 490 g/mol. The molecule has 0 radical (unpaired) electrons. The molecule has 1 aliphatic rings. The number of rotatable bonds is 11. The van der Waals surface area contributed by atoms with Crippen molar-refractivity contribution in [1.82, 2.24) is 10.8 Å². The molecule has 202 valence electrons. The number of amides is 2. The summed E-state index contributed by atoms with van der Waals surface area (Å²) in [4.78, 5) is 65.1. The fraction of sp³-hybridized carbons (Fsp3) is 0.458. The van der Waals surface area contributed by atoms with Crippen LogP contribution in [0.3, 0.4) is 0 Å². The van der Waals surface area contributed by atoms with Gasteiger partial charge in [0.2, 0.25) is 11.8 Å². The van der Waals surface area contributed by atoms with E-state index in [4.69, 9.17) is 23.8 Å². The maximum Gasteiger partial charge on any atom is 0.436 e. The third-order valence-corrected chi connectivity index (χ3v) is 4.80. The first-order chi connectivity index (χ1) is 17.6. The molecule has 2 rings (SSSR count). The predicted octanol–water partition coefficient (Wildman–Crippen LogP) is 2.04. The van der Waals surface area contributed by atoms with Gasteiger partial charge in [-0.25, -0.2) is 4.79 Å². The van der Waals surface area contributed by atoms with Crippen LogP contribution in [0.25, 0.3) is 0 Å². The van der Waals surface area contributed by atoms with Crippen LogP contribution in [0.2, 0.25) is 0 Å². The quantitative estimate of drug-likeness (QED) is 0.221.